The van der Waals surface area contributed by atoms with E-state index in [2.05, 4.69) is 12.2 Å². The van der Waals surface area contributed by atoms with E-state index in [9.17, 15) is 15.0 Å². The molecule has 1 rings (SSSR count). The summed E-state index contributed by atoms with van der Waals surface area (Å²) in [6.07, 6.45) is 4.49. The Hall–Kier alpha value is -1.71. The molecule has 0 aliphatic heterocycles. The minimum atomic E-state index is -0.335. The highest BCUT2D eigenvalue weighted by Crippen LogP contribution is 2.28. The number of phenols is 2. The normalized spacial score (nSPS) is 12.1. The third-order valence-corrected chi connectivity index (χ3v) is 3.22. The van der Waals surface area contributed by atoms with Crippen molar-refractivity contribution in [1.29, 1.82) is 0 Å². The van der Waals surface area contributed by atoms with Gasteiger partial charge in [-0.25, -0.2) is 0 Å². The topological polar surface area (TPSA) is 69.6 Å². The highest BCUT2D eigenvalue weighted by atomic mass is 16.3. The van der Waals surface area contributed by atoms with E-state index in [-0.39, 0.29) is 23.3 Å². The fourth-order valence-electron chi connectivity index (χ4n) is 1.88. The van der Waals surface area contributed by atoms with Crippen LogP contribution in [-0.4, -0.2) is 22.7 Å². The second-order valence-corrected chi connectivity index (χ2v) is 4.82. The van der Waals surface area contributed by atoms with Crippen molar-refractivity contribution >= 4 is 5.91 Å². The molecule has 0 bridgehead atoms. The second kappa shape index (κ2) is 7.67. The fourth-order valence-corrected chi connectivity index (χ4v) is 1.88. The molecule has 19 heavy (non-hydrogen) atoms. The number of nitrogens with one attached hydrogen (secondary N) is 1. The molecule has 1 aromatic carbocycles. The van der Waals surface area contributed by atoms with Crippen LogP contribution >= 0.6 is 0 Å². The SMILES string of the molecule is CCCCCCNC(=O)C(C)c1ccc(O)c(O)c1. The Morgan fingerprint density at radius 3 is 2.58 bits per heavy atom. The van der Waals surface area contributed by atoms with Crippen molar-refractivity contribution in [2.75, 3.05) is 6.54 Å². The minimum Gasteiger partial charge on any atom is -0.504 e. The van der Waals surface area contributed by atoms with Crippen LogP contribution < -0.4 is 5.32 Å². The average Bonchev–Trinajstić information content (AvgIpc) is 2.40. The van der Waals surface area contributed by atoms with Crippen molar-refractivity contribution in [2.45, 2.75) is 45.4 Å². The maximum Gasteiger partial charge on any atom is 0.227 e. The molecule has 0 aliphatic carbocycles. The lowest BCUT2D eigenvalue weighted by molar-refractivity contribution is -0.122. The average molecular weight is 265 g/mol. The van der Waals surface area contributed by atoms with E-state index in [1.807, 2.05) is 0 Å². The van der Waals surface area contributed by atoms with E-state index in [1.165, 1.54) is 25.0 Å². The Bertz CT molecular complexity index is 418. The van der Waals surface area contributed by atoms with Crippen molar-refractivity contribution < 1.29 is 15.0 Å². The first-order chi connectivity index (χ1) is 9.06. The molecule has 0 fully saturated rings. The van der Waals surface area contributed by atoms with Crippen LogP contribution in [0.25, 0.3) is 0 Å². The molecule has 3 N–H and O–H groups in total. The lowest BCUT2D eigenvalue weighted by Gasteiger charge is -2.13. The van der Waals surface area contributed by atoms with Crippen LogP contribution in [0.3, 0.4) is 0 Å². The quantitative estimate of drug-likeness (QED) is 0.524. The van der Waals surface area contributed by atoms with Crippen molar-refractivity contribution in [3.05, 3.63) is 23.8 Å². The standard InChI is InChI=1S/C15H23NO3/c1-3-4-5-6-9-16-15(19)11(2)12-7-8-13(17)14(18)10-12/h7-8,10-11,17-18H,3-6,9H2,1-2H3,(H,16,19). The molecule has 0 saturated carbocycles. The number of hydrogen-bond acceptors (Lipinski definition) is 3. The van der Waals surface area contributed by atoms with Gasteiger partial charge in [-0.2, -0.15) is 0 Å². The van der Waals surface area contributed by atoms with Crippen molar-refractivity contribution in [3.8, 4) is 11.5 Å². The van der Waals surface area contributed by atoms with Gasteiger partial charge in [0.15, 0.2) is 11.5 Å². The van der Waals surface area contributed by atoms with Crippen molar-refractivity contribution in [3.63, 3.8) is 0 Å². The zero-order valence-corrected chi connectivity index (χ0v) is 11.6. The van der Waals surface area contributed by atoms with Crippen LogP contribution in [0.5, 0.6) is 11.5 Å². The van der Waals surface area contributed by atoms with Crippen LogP contribution in [0.1, 0.15) is 51.0 Å². The first-order valence-corrected chi connectivity index (χ1v) is 6.85. The Morgan fingerprint density at radius 1 is 1.21 bits per heavy atom. The van der Waals surface area contributed by atoms with Gasteiger partial charge in [0, 0.05) is 6.54 Å². The predicted molar refractivity (Wildman–Crippen MR) is 75.3 cm³/mol. The van der Waals surface area contributed by atoms with E-state index in [0.717, 1.165) is 12.8 Å². The first-order valence-electron chi connectivity index (χ1n) is 6.85. The van der Waals surface area contributed by atoms with Gasteiger partial charge in [0.1, 0.15) is 0 Å². The first kappa shape index (κ1) is 15.3. The van der Waals surface area contributed by atoms with Crippen LogP contribution in [-0.2, 0) is 4.79 Å². The number of rotatable bonds is 7. The summed E-state index contributed by atoms with van der Waals surface area (Å²) in [6.45, 7) is 4.62. The Morgan fingerprint density at radius 2 is 1.95 bits per heavy atom. The van der Waals surface area contributed by atoms with E-state index in [1.54, 1.807) is 13.0 Å². The van der Waals surface area contributed by atoms with Gasteiger partial charge in [0.05, 0.1) is 5.92 Å². The Kier molecular flexibility index (Phi) is 6.19. The summed E-state index contributed by atoms with van der Waals surface area (Å²) < 4.78 is 0. The summed E-state index contributed by atoms with van der Waals surface area (Å²) in [4.78, 5) is 11.9. The largest absolute Gasteiger partial charge is 0.504 e. The highest BCUT2D eigenvalue weighted by molar-refractivity contribution is 5.83. The van der Waals surface area contributed by atoms with Crippen LogP contribution in [0.4, 0.5) is 0 Å². The van der Waals surface area contributed by atoms with E-state index in [0.29, 0.717) is 12.1 Å². The molecule has 1 unspecified atom stereocenters. The van der Waals surface area contributed by atoms with Crippen molar-refractivity contribution in [2.24, 2.45) is 0 Å². The molecular weight excluding hydrogens is 242 g/mol. The fraction of sp³-hybridized carbons (Fsp3) is 0.533. The van der Waals surface area contributed by atoms with Gasteiger partial charge >= 0.3 is 0 Å². The molecule has 0 spiro atoms. The molecule has 0 aliphatic rings. The number of unbranched alkanes of at least 4 members (excludes halogenated alkanes) is 3. The lowest BCUT2D eigenvalue weighted by Crippen LogP contribution is -2.28. The number of carbonyl (C=O) groups excluding carboxylic acids is 1. The van der Waals surface area contributed by atoms with E-state index < -0.39 is 0 Å². The Labute approximate surface area is 114 Å². The monoisotopic (exact) mass is 265 g/mol. The zero-order valence-electron chi connectivity index (χ0n) is 11.6. The summed E-state index contributed by atoms with van der Waals surface area (Å²) in [6, 6.07) is 4.47. The van der Waals surface area contributed by atoms with Gasteiger partial charge in [-0.1, -0.05) is 32.3 Å². The molecule has 4 heteroatoms. The maximum atomic E-state index is 11.9. The van der Waals surface area contributed by atoms with Gasteiger partial charge in [-0.15, -0.1) is 0 Å². The number of hydrogen-bond donors (Lipinski definition) is 3. The Balaban J connectivity index is 2.45. The van der Waals surface area contributed by atoms with Crippen LogP contribution in [0, 0.1) is 0 Å². The van der Waals surface area contributed by atoms with Gasteiger partial charge < -0.3 is 15.5 Å². The zero-order chi connectivity index (χ0) is 14.3. The lowest BCUT2D eigenvalue weighted by atomic mass is 10.00. The smallest absolute Gasteiger partial charge is 0.227 e. The molecule has 0 radical (unpaired) electrons. The summed E-state index contributed by atoms with van der Waals surface area (Å²) in [5.41, 5.74) is 0.696. The minimum absolute atomic E-state index is 0.0541. The van der Waals surface area contributed by atoms with Gasteiger partial charge in [0.2, 0.25) is 5.91 Å². The molecule has 4 nitrogen and oxygen atoms in total. The highest BCUT2D eigenvalue weighted by Gasteiger charge is 2.15. The number of aromatic hydroxyl groups is 2. The summed E-state index contributed by atoms with van der Waals surface area (Å²) in [5, 5.41) is 21.6. The molecular formula is C15H23NO3. The third kappa shape index (κ3) is 4.81. The van der Waals surface area contributed by atoms with Gasteiger partial charge in [0.25, 0.3) is 0 Å². The molecule has 1 atom stereocenters. The molecule has 0 saturated heterocycles. The van der Waals surface area contributed by atoms with Gasteiger partial charge in [-0.05, 0) is 31.0 Å². The number of amides is 1. The van der Waals surface area contributed by atoms with E-state index in [4.69, 9.17) is 0 Å². The molecule has 0 aromatic heterocycles. The molecule has 106 valence electrons. The summed E-state index contributed by atoms with van der Waals surface area (Å²) >= 11 is 0. The maximum absolute atomic E-state index is 11.9. The molecule has 1 aromatic rings. The molecule has 0 heterocycles. The van der Waals surface area contributed by atoms with Gasteiger partial charge in [-0.3, -0.25) is 4.79 Å². The number of benzene rings is 1. The van der Waals surface area contributed by atoms with E-state index >= 15 is 0 Å². The number of carbonyl (C=O) groups is 1. The van der Waals surface area contributed by atoms with Crippen molar-refractivity contribution in [1.82, 2.24) is 5.32 Å². The second-order valence-electron chi connectivity index (χ2n) is 4.82. The third-order valence-electron chi connectivity index (χ3n) is 3.22. The molecule has 1 amide bonds. The predicted octanol–water partition coefficient (Wildman–Crippen LogP) is 2.90. The summed E-state index contributed by atoms with van der Waals surface area (Å²) in [5.74, 6) is -0.754. The summed E-state index contributed by atoms with van der Waals surface area (Å²) in [7, 11) is 0. The van der Waals surface area contributed by atoms with Crippen LogP contribution in [0.2, 0.25) is 0 Å². The number of phenolic OH excluding ortho intramolecular Hbond substituents is 2. The van der Waals surface area contributed by atoms with Crippen LogP contribution in [0.15, 0.2) is 18.2 Å².